The van der Waals surface area contributed by atoms with Crippen molar-refractivity contribution >= 4 is 11.9 Å². The van der Waals surface area contributed by atoms with E-state index in [0.717, 1.165) is 5.56 Å². The molecule has 0 heterocycles. The Morgan fingerprint density at radius 1 is 1.12 bits per heavy atom. The number of esters is 2. The number of carbonyl (C=O) groups excluding carboxylic acids is 2. The van der Waals surface area contributed by atoms with Gasteiger partial charge in [-0.15, -0.1) is 18.8 Å². The molecule has 4 heteroatoms. The summed E-state index contributed by atoms with van der Waals surface area (Å²) in [6, 6.07) is 7.19. The van der Waals surface area contributed by atoms with Gasteiger partial charge >= 0.3 is 11.9 Å². The molecule has 24 heavy (non-hydrogen) atoms. The minimum atomic E-state index is -0.614. The second-order valence-electron chi connectivity index (χ2n) is 5.99. The van der Waals surface area contributed by atoms with Crippen LogP contribution in [-0.4, -0.2) is 18.5 Å². The van der Waals surface area contributed by atoms with Crippen molar-refractivity contribution in [3.8, 4) is 30.4 Å². The zero-order chi connectivity index (χ0) is 18.0. The molecule has 1 aromatic rings. The quantitative estimate of drug-likeness (QED) is 0.418. The van der Waals surface area contributed by atoms with Crippen LogP contribution in [0, 0.1) is 30.1 Å². The third-order valence-corrected chi connectivity index (χ3v) is 3.51. The molecule has 0 unspecified atom stereocenters. The van der Waals surface area contributed by atoms with E-state index in [-0.39, 0.29) is 25.0 Å². The summed E-state index contributed by atoms with van der Waals surface area (Å²) >= 11 is 0. The van der Waals surface area contributed by atoms with Crippen LogP contribution in [0.5, 0.6) is 5.75 Å². The lowest BCUT2D eigenvalue weighted by Gasteiger charge is -2.21. The summed E-state index contributed by atoms with van der Waals surface area (Å²) in [5.41, 5.74) is 0.424. The topological polar surface area (TPSA) is 52.6 Å². The van der Waals surface area contributed by atoms with Gasteiger partial charge in [0, 0.05) is 6.42 Å². The van der Waals surface area contributed by atoms with E-state index in [0.29, 0.717) is 25.0 Å². The SMILES string of the molecule is C#CCCC(=O)Oc1ccc(CCC(C)(C)C(=O)OCC#C)cc1. The smallest absolute Gasteiger partial charge is 0.312 e. The second kappa shape index (κ2) is 9.43. The Bertz CT molecular complexity index is 642. The van der Waals surface area contributed by atoms with E-state index < -0.39 is 5.41 Å². The molecule has 0 fully saturated rings. The van der Waals surface area contributed by atoms with Crippen molar-refractivity contribution in [2.24, 2.45) is 5.41 Å². The molecular weight excluding hydrogens is 304 g/mol. The van der Waals surface area contributed by atoms with Crippen molar-refractivity contribution in [3.63, 3.8) is 0 Å². The number of carbonyl (C=O) groups is 2. The van der Waals surface area contributed by atoms with E-state index in [2.05, 4.69) is 11.8 Å². The Hall–Kier alpha value is -2.72. The number of benzene rings is 1. The first-order valence-corrected chi connectivity index (χ1v) is 7.73. The number of rotatable bonds is 8. The van der Waals surface area contributed by atoms with E-state index in [4.69, 9.17) is 22.3 Å². The lowest BCUT2D eigenvalue weighted by atomic mass is 9.86. The van der Waals surface area contributed by atoms with Crippen LogP contribution in [0.2, 0.25) is 0 Å². The summed E-state index contributed by atoms with van der Waals surface area (Å²) in [5.74, 6) is 4.51. The van der Waals surface area contributed by atoms with Crippen LogP contribution in [-0.2, 0) is 20.7 Å². The van der Waals surface area contributed by atoms with Gasteiger partial charge in [-0.2, -0.15) is 0 Å². The maximum atomic E-state index is 11.9. The van der Waals surface area contributed by atoms with E-state index >= 15 is 0 Å². The molecule has 4 nitrogen and oxygen atoms in total. The summed E-state index contributed by atoms with van der Waals surface area (Å²) in [6.45, 7) is 3.64. The Morgan fingerprint density at radius 2 is 1.79 bits per heavy atom. The maximum absolute atomic E-state index is 11.9. The molecule has 0 radical (unpaired) electrons. The molecule has 1 aromatic carbocycles. The summed E-state index contributed by atoms with van der Waals surface area (Å²) in [7, 11) is 0. The van der Waals surface area contributed by atoms with Crippen molar-refractivity contribution in [3.05, 3.63) is 29.8 Å². The monoisotopic (exact) mass is 326 g/mol. The van der Waals surface area contributed by atoms with Gasteiger partial charge < -0.3 is 9.47 Å². The molecule has 126 valence electrons. The van der Waals surface area contributed by atoms with Crippen molar-refractivity contribution in [1.82, 2.24) is 0 Å². The summed E-state index contributed by atoms with van der Waals surface area (Å²) < 4.78 is 10.2. The van der Waals surface area contributed by atoms with Crippen molar-refractivity contribution in [1.29, 1.82) is 0 Å². The Kier molecular flexibility index (Phi) is 7.59. The lowest BCUT2D eigenvalue weighted by molar-refractivity contribution is -0.152. The van der Waals surface area contributed by atoms with Crippen LogP contribution >= 0.6 is 0 Å². The standard InChI is InChI=1S/C20H22O4/c1-5-7-8-18(21)24-17-11-9-16(10-12-17)13-14-20(3,4)19(22)23-15-6-2/h1-2,9-12H,7-8,13-15H2,3-4H3. The Balaban J connectivity index is 2.52. The van der Waals surface area contributed by atoms with E-state index in [1.165, 1.54) is 0 Å². The van der Waals surface area contributed by atoms with Crippen LogP contribution < -0.4 is 4.74 Å². The molecule has 0 saturated carbocycles. The van der Waals surface area contributed by atoms with E-state index in [9.17, 15) is 9.59 Å². The molecule has 0 spiro atoms. The van der Waals surface area contributed by atoms with Crippen LogP contribution in [0.15, 0.2) is 24.3 Å². The molecule has 0 aromatic heterocycles. The van der Waals surface area contributed by atoms with E-state index in [1.807, 2.05) is 26.0 Å². The number of aryl methyl sites for hydroxylation is 1. The third-order valence-electron chi connectivity index (χ3n) is 3.51. The fourth-order valence-corrected chi connectivity index (χ4v) is 1.94. The number of ether oxygens (including phenoxy) is 2. The third kappa shape index (κ3) is 6.58. The van der Waals surface area contributed by atoms with Crippen molar-refractivity contribution in [2.45, 2.75) is 39.5 Å². The molecule has 0 saturated heterocycles. The molecule has 0 aliphatic rings. The predicted molar refractivity (Wildman–Crippen MR) is 92.0 cm³/mol. The molecule has 0 amide bonds. The summed E-state index contributed by atoms with van der Waals surface area (Å²) in [5, 5.41) is 0. The van der Waals surface area contributed by atoms with Crippen molar-refractivity contribution < 1.29 is 19.1 Å². The minimum absolute atomic E-state index is 0.0119. The average Bonchev–Trinajstić information content (AvgIpc) is 2.57. The molecule has 0 aliphatic heterocycles. The normalized spacial score (nSPS) is 10.3. The van der Waals surface area contributed by atoms with Gasteiger partial charge in [0.2, 0.25) is 0 Å². The number of hydrogen-bond donors (Lipinski definition) is 0. The van der Waals surface area contributed by atoms with Gasteiger partial charge in [-0.25, -0.2) is 0 Å². The van der Waals surface area contributed by atoms with Crippen LogP contribution in [0.25, 0.3) is 0 Å². The largest absolute Gasteiger partial charge is 0.452 e. The highest BCUT2D eigenvalue weighted by molar-refractivity contribution is 5.76. The fraction of sp³-hybridized carbons (Fsp3) is 0.400. The fourth-order valence-electron chi connectivity index (χ4n) is 1.94. The highest BCUT2D eigenvalue weighted by Crippen LogP contribution is 2.25. The first-order valence-electron chi connectivity index (χ1n) is 7.73. The molecule has 0 aliphatic carbocycles. The van der Waals surface area contributed by atoms with Crippen LogP contribution in [0.3, 0.4) is 0 Å². The Labute approximate surface area is 143 Å². The highest BCUT2D eigenvalue weighted by Gasteiger charge is 2.28. The molecule has 1 rings (SSSR count). The van der Waals surface area contributed by atoms with Gasteiger partial charge in [0.05, 0.1) is 11.8 Å². The minimum Gasteiger partial charge on any atom is -0.452 e. The first kappa shape index (κ1) is 19.3. The van der Waals surface area contributed by atoms with E-state index in [1.54, 1.807) is 12.1 Å². The molecule has 0 atom stereocenters. The van der Waals surface area contributed by atoms with Crippen LogP contribution in [0.1, 0.15) is 38.7 Å². The number of hydrogen-bond acceptors (Lipinski definition) is 4. The predicted octanol–water partition coefficient (Wildman–Crippen LogP) is 3.14. The number of terminal acetylenes is 2. The van der Waals surface area contributed by atoms with Gasteiger partial charge in [0.1, 0.15) is 5.75 Å². The zero-order valence-electron chi connectivity index (χ0n) is 14.1. The van der Waals surface area contributed by atoms with Gasteiger partial charge in [-0.3, -0.25) is 9.59 Å². The molecule has 0 N–H and O–H groups in total. The molecular formula is C20H22O4. The first-order chi connectivity index (χ1) is 11.4. The summed E-state index contributed by atoms with van der Waals surface area (Å²) in [4.78, 5) is 23.4. The highest BCUT2D eigenvalue weighted by atomic mass is 16.5. The average molecular weight is 326 g/mol. The van der Waals surface area contributed by atoms with Gasteiger partial charge in [0.15, 0.2) is 6.61 Å². The van der Waals surface area contributed by atoms with Crippen molar-refractivity contribution in [2.75, 3.05) is 6.61 Å². The molecule has 0 bridgehead atoms. The maximum Gasteiger partial charge on any atom is 0.312 e. The van der Waals surface area contributed by atoms with Gasteiger partial charge in [-0.1, -0.05) is 18.1 Å². The second-order valence-corrected chi connectivity index (χ2v) is 5.99. The summed E-state index contributed by atoms with van der Waals surface area (Å²) in [6.07, 6.45) is 12.1. The zero-order valence-corrected chi connectivity index (χ0v) is 14.1. The van der Waals surface area contributed by atoms with Crippen LogP contribution in [0.4, 0.5) is 0 Å². The van der Waals surface area contributed by atoms with Gasteiger partial charge in [0.25, 0.3) is 0 Å². The Morgan fingerprint density at radius 3 is 2.38 bits per heavy atom. The lowest BCUT2D eigenvalue weighted by Crippen LogP contribution is -2.27. The van der Waals surface area contributed by atoms with Gasteiger partial charge in [-0.05, 0) is 44.4 Å².